The molecule has 0 aliphatic carbocycles. The molecule has 1 amide bonds. The molecule has 4 N–H and O–H groups in total. The number of pyridine rings is 1. The number of anilines is 2. The van der Waals surface area contributed by atoms with Crippen molar-refractivity contribution >= 4 is 35.0 Å². The molecule has 210 valence electrons. The fourth-order valence-corrected chi connectivity index (χ4v) is 3.77. The summed E-state index contributed by atoms with van der Waals surface area (Å²) in [5.74, 6) is -1.58. The average molecular weight is 571 g/mol. The van der Waals surface area contributed by atoms with E-state index in [0.717, 1.165) is 18.9 Å². The van der Waals surface area contributed by atoms with Crippen LogP contribution in [0.2, 0.25) is 5.02 Å². The molecule has 0 spiro atoms. The predicted molar refractivity (Wildman–Crippen MR) is 137 cm³/mol. The highest BCUT2D eigenvalue weighted by molar-refractivity contribution is 6.33. The number of carboxylic acid groups (broad SMARTS) is 1. The van der Waals surface area contributed by atoms with Crippen molar-refractivity contribution in [1.82, 2.24) is 14.8 Å². The molecule has 3 aromatic rings. The van der Waals surface area contributed by atoms with E-state index in [1.807, 2.05) is 12.1 Å². The normalized spacial score (nSPS) is 13.3. The fourth-order valence-electron chi connectivity index (χ4n) is 3.50. The number of hydrogen-bond acceptors (Lipinski definition) is 8. The van der Waals surface area contributed by atoms with E-state index < -0.39 is 12.1 Å². The van der Waals surface area contributed by atoms with E-state index >= 15 is 0 Å². The number of aryl methyl sites for hydroxylation is 1. The second-order valence-corrected chi connectivity index (χ2v) is 8.48. The SMILES string of the molecule is Cn1ncc(Cl)c1-c1cc(NC(=O)c2ccc(N3CCOCC3)nc2)ccc1OCCN.O=C(O)C(F)(F)F. The van der Waals surface area contributed by atoms with Crippen molar-refractivity contribution in [3.05, 3.63) is 53.3 Å². The summed E-state index contributed by atoms with van der Waals surface area (Å²) in [5, 5.41) is 14.7. The smallest absolute Gasteiger partial charge is 0.490 e. The Balaban J connectivity index is 0.000000532. The molecule has 3 heterocycles. The Morgan fingerprint density at radius 2 is 1.90 bits per heavy atom. The number of ether oxygens (including phenoxy) is 2. The third-order valence-electron chi connectivity index (χ3n) is 5.35. The molecule has 1 aliphatic rings. The van der Waals surface area contributed by atoms with Crippen LogP contribution in [0, 0.1) is 0 Å². The first kappa shape index (κ1) is 29.7. The molecule has 15 heteroatoms. The summed E-state index contributed by atoms with van der Waals surface area (Å²) in [4.78, 5) is 28.3. The number of aromatic nitrogens is 3. The topological polar surface area (TPSA) is 145 Å². The van der Waals surface area contributed by atoms with Crippen LogP contribution < -0.4 is 20.7 Å². The van der Waals surface area contributed by atoms with Gasteiger partial charge in [0.1, 0.15) is 18.2 Å². The Kier molecular flexibility index (Phi) is 10.1. The highest BCUT2D eigenvalue weighted by atomic mass is 35.5. The molecule has 2 aromatic heterocycles. The number of carbonyl (C=O) groups is 2. The van der Waals surface area contributed by atoms with Gasteiger partial charge in [-0.15, -0.1) is 0 Å². The molecular formula is C24H26ClF3N6O5. The van der Waals surface area contributed by atoms with Crippen LogP contribution >= 0.6 is 11.6 Å². The number of carboxylic acids is 1. The summed E-state index contributed by atoms with van der Waals surface area (Å²) in [6.45, 7) is 3.67. The first-order chi connectivity index (χ1) is 18.5. The lowest BCUT2D eigenvalue weighted by molar-refractivity contribution is -0.192. The van der Waals surface area contributed by atoms with Gasteiger partial charge in [0.05, 0.1) is 35.7 Å². The molecule has 1 fully saturated rings. The second kappa shape index (κ2) is 13.3. The minimum Gasteiger partial charge on any atom is -0.492 e. The average Bonchev–Trinajstić information content (AvgIpc) is 3.25. The number of morpholine rings is 1. The van der Waals surface area contributed by atoms with Gasteiger partial charge in [-0.3, -0.25) is 9.48 Å². The second-order valence-electron chi connectivity index (χ2n) is 8.07. The third-order valence-corrected chi connectivity index (χ3v) is 5.63. The lowest BCUT2D eigenvalue weighted by atomic mass is 10.1. The number of rotatable bonds is 7. The summed E-state index contributed by atoms with van der Waals surface area (Å²) in [7, 11) is 1.79. The molecule has 11 nitrogen and oxygen atoms in total. The van der Waals surface area contributed by atoms with Gasteiger partial charge in [-0.2, -0.15) is 18.3 Å². The monoisotopic (exact) mass is 570 g/mol. The van der Waals surface area contributed by atoms with E-state index in [-0.39, 0.29) is 5.91 Å². The zero-order valence-corrected chi connectivity index (χ0v) is 21.5. The van der Waals surface area contributed by atoms with Crippen molar-refractivity contribution in [2.24, 2.45) is 12.8 Å². The van der Waals surface area contributed by atoms with E-state index in [2.05, 4.69) is 20.3 Å². The number of halogens is 4. The maximum Gasteiger partial charge on any atom is 0.490 e. The Morgan fingerprint density at radius 1 is 1.21 bits per heavy atom. The maximum absolute atomic E-state index is 12.8. The van der Waals surface area contributed by atoms with Crippen molar-refractivity contribution in [3.63, 3.8) is 0 Å². The molecule has 1 aliphatic heterocycles. The first-order valence-corrected chi connectivity index (χ1v) is 11.9. The highest BCUT2D eigenvalue weighted by Crippen LogP contribution is 2.36. The van der Waals surface area contributed by atoms with Gasteiger partial charge >= 0.3 is 12.1 Å². The standard InChI is InChI=1S/C22H25ClN6O3.C2HF3O2/c1-28-21(18(23)14-26-28)17-12-16(3-4-19(17)32-9-6-24)27-22(30)15-2-5-20(25-13-15)29-7-10-31-11-8-29;3-2(4,5)1(6)7/h2-5,12-14H,6-11,24H2,1H3,(H,27,30);(H,6,7). The van der Waals surface area contributed by atoms with Crippen LogP contribution in [0.3, 0.4) is 0 Å². The molecule has 0 atom stereocenters. The highest BCUT2D eigenvalue weighted by Gasteiger charge is 2.38. The maximum atomic E-state index is 12.8. The van der Waals surface area contributed by atoms with E-state index in [4.69, 9.17) is 36.7 Å². The van der Waals surface area contributed by atoms with Crippen molar-refractivity contribution in [2.75, 3.05) is 49.7 Å². The predicted octanol–water partition coefficient (Wildman–Crippen LogP) is 3.20. The van der Waals surface area contributed by atoms with Gasteiger partial charge in [0, 0.05) is 44.1 Å². The van der Waals surface area contributed by atoms with E-state index in [9.17, 15) is 18.0 Å². The number of hydrogen-bond donors (Lipinski definition) is 3. The first-order valence-electron chi connectivity index (χ1n) is 11.6. The molecule has 4 rings (SSSR count). The van der Waals surface area contributed by atoms with Crippen LogP contribution in [0.15, 0.2) is 42.7 Å². The van der Waals surface area contributed by atoms with Crippen LogP contribution in [-0.2, 0) is 16.6 Å². The molecule has 1 aromatic carbocycles. The fraction of sp³-hybridized carbons (Fsp3) is 0.333. The van der Waals surface area contributed by atoms with Crippen molar-refractivity contribution in [2.45, 2.75) is 6.18 Å². The molecular weight excluding hydrogens is 545 g/mol. The zero-order chi connectivity index (χ0) is 28.6. The Hall–Kier alpha value is -3.88. The quantitative estimate of drug-likeness (QED) is 0.390. The van der Waals surface area contributed by atoms with Crippen LogP contribution in [0.1, 0.15) is 10.4 Å². The Labute approximate surface area is 226 Å². The van der Waals surface area contributed by atoms with Gasteiger partial charge in [0.2, 0.25) is 0 Å². The largest absolute Gasteiger partial charge is 0.492 e. The number of nitrogens with one attached hydrogen (secondary N) is 1. The summed E-state index contributed by atoms with van der Waals surface area (Å²) in [6.07, 6.45) is -1.94. The number of carbonyl (C=O) groups excluding carboxylic acids is 1. The van der Waals surface area contributed by atoms with E-state index in [0.29, 0.717) is 59.6 Å². The van der Waals surface area contributed by atoms with Gasteiger partial charge in [-0.25, -0.2) is 9.78 Å². The van der Waals surface area contributed by atoms with E-state index in [1.165, 1.54) is 0 Å². The van der Waals surface area contributed by atoms with Crippen LogP contribution in [0.5, 0.6) is 5.75 Å². The van der Waals surface area contributed by atoms with Gasteiger partial charge in [-0.05, 0) is 30.3 Å². The molecule has 0 unspecified atom stereocenters. The number of benzene rings is 1. The summed E-state index contributed by atoms with van der Waals surface area (Å²) in [6, 6.07) is 8.98. The van der Waals surface area contributed by atoms with Crippen LogP contribution in [-0.4, -0.2) is 77.4 Å². The number of nitrogens with zero attached hydrogens (tertiary/aromatic N) is 4. The third kappa shape index (κ3) is 8.05. The lowest BCUT2D eigenvalue weighted by Gasteiger charge is -2.27. The lowest BCUT2D eigenvalue weighted by Crippen LogP contribution is -2.36. The summed E-state index contributed by atoms with van der Waals surface area (Å²) < 4.78 is 44.5. The molecule has 0 radical (unpaired) electrons. The van der Waals surface area contributed by atoms with Crippen molar-refractivity contribution < 1.29 is 37.3 Å². The summed E-state index contributed by atoms with van der Waals surface area (Å²) in [5.41, 5.74) is 8.04. The number of aliphatic carboxylic acids is 1. The van der Waals surface area contributed by atoms with Gasteiger partial charge in [0.15, 0.2) is 0 Å². The Bertz CT molecular complexity index is 1260. The van der Waals surface area contributed by atoms with Crippen LogP contribution in [0.4, 0.5) is 24.7 Å². The number of nitrogens with two attached hydrogens (primary N) is 1. The van der Waals surface area contributed by atoms with Gasteiger partial charge < -0.3 is 30.5 Å². The van der Waals surface area contributed by atoms with E-state index in [1.54, 1.807) is 42.3 Å². The summed E-state index contributed by atoms with van der Waals surface area (Å²) >= 11 is 6.35. The Morgan fingerprint density at radius 3 is 2.44 bits per heavy atom. The molecule has 39 heavy (non-hydrogen) atoms. The minimum atomic E-state index is -5.08. The van der Waals surface area contributed by atoms with Gasteiger partial charge in [0.25, 0.3) is 5.91 Å². The molecule has 0 bridgehead atoms. The van der Waals surface area contributed by atoms with Crippen molar-refractivity contribution in [1.29, 1.82) is 0 Å². The van der Waals surface area contributed by atoms with Gasteiger partial charge in [-0.1, -0.05) is 11.6 Å². The molecule has 1 saturated heterocycles. The molecule has 0 saturated carbocycles. The van der Waals surface area contributed by atoms with Crippen molar-refractivity contribution in [3.8, 4) is 17.0 Å². The number of amides is 1. The minimum absolute atomic E-state index is 0.260. The van der Waals surface area contributed by atoms with Crippen LogP contribution in [0.25, 0.3) is 11.3 Å². The zero-order valence-electron chi connectivity index (χ0n) is 20.7. The number of alkyl halides is 3.